The molecular formula is C12H19F5S. The summed E-state index contributed by atoms with van der Waals surface area (Å²) in [7, 11) is 0. The van der Waals surface area contributed by atoms with Crippen LogP contribution in [0.3, 0.4) is 0 Å². The maximum atomic E-state index is 13.4. The Bertz CT molecular complexity index is 297. The van der Waals surface area contributed by atoms with Gasteiger partial charge in [0, 0.05) is 5.25 Å². The molecule has 108 valence electrons. The van der Waals surface area contributed by atoms with Crippen molar-refractivity contribution in [1.29, 1.82) is 0 Å². The number of halogens is 5. The summed E-state index contributed by atoms with van der Waals surface area (Å²) in [6, 6.07) is 0. The molecule has 0 aromatic carbocycles. The van der Waals surface area contributed by atoms with E-state index >= 15 is 0 Å². The van der Waals surface area contributed by atoms with Gasteiger partial charge in [-0.25, -0.2) is 8.78 Å². The van der Waals surface area contributed by atoms with Crippen LogP contribution in [0.2, 0.25) is 0 Å². The fourth-order valence-corrected chi connectivity index (χ4v) is 4.17. The van der Waals surface area contributed by atoms with Crippen molar-refractivity contribution in [2.24, 2.45) is 11.3 Å². The number of fused-ring (bicyclic) bond motifs is 2. The molecule has 0 spiro atoms. The van der Waals surface area contributed by atoms with Crippen LogP contribution >= 0.6 is 11.8 Å². The van der Waals surface area contributed by atoms with Crippen LogP contribution in [0.25, 0.3) is 0 Å². The Hall–Kier alpha value is -0.0000000000000000555. The Morgan fingerprint density at radius 1 is 1.06 bits per heavy atom. The molecule has 0 aromatic heterocycles. The summed E-state index contributed by atoms with van der Waals surface area (Å²) < 4.78 is 64.7. The minimum Gasteiger partial charge on any atom is -0.205 e. The van der Waals surface area contributed by atoms with Gasteiger partial charge in [-0.15, -0.1) is 11.8 Å². The first-order valence-corrected chi connectivity index (χ1v) is 6.99. The second kappa shape index (κ2) is 4.84. The number of hydrogen-bond acceptors (Lipinski definition) is 1. The van der Waals surface area contributed by atoms with E-state index in [2.05, 4.69) is 20.8 Å². The summed E-state index contributed by atoms with van der Waals surface area (Å²) >= 11 is 0.802. The van der Waals surface area contributed by atoms with Crippen molar-refractivity contribution >= 4 is 11.8 Å². The molecule has 2 aliphatic heterocycles. The molecule has 6 heteroatoms. The molecule has 3 unspecified atom stereocenters. The minimum absolute atomic E-state index is 0.202. The van der Waals surface area contributed by atoms with Crippen LogP contribution in [-0.4, -0.2) is 22.6 Å². The van der Waals surface area contributed by atoms with Crippen molar-refractivity contribution in [2.75, 3.05) is 0 Å². The van der Waals surface area contributed by atoms with Gasteiger partial charge >= 0.3 is 6.18 Å². The molecule has 0 N–H and O–H groups in total. The first kappa shape index (κ1) is 16.1. The SMILES string of the molecule is CC(C)C.CC1(C(F)(F)F)C2CCC(S2)C1(F)F. The van der Waals surface area contributed by atoms with Crippen LogP contribution in [0.1, 0.15) is 40.5 Å². The van der Waals surface area contributed by atoms with Gasteiger partial charge in [0.05, 0.1) is 5.25 Å². The summed E-state index contributed by atoms with van der Waals surface area (Å²) in [4.78, 5) is 0. The van der Waals surface area contributed by atoms with Gasteiger partial charge in [0.2, 0.25) is 0 Å². The van der Waals surface area contributed by atoms with E-state index in [0.717, 1.165) is 17.7 Å². The normalized spacial score (nSPS) is 37.7. The van der Waals surface area contributed by atoms with Gasteiger partial charge in [-0.05, 0) is 25.7 Å². The third-order valence-corrected chi connectivity index (χ3v) is 5.25. The van der Waals surface area contributed by atoms with Crippen molar-refractivity contribution in [3.8, 4) is 0 Å². The molecule has 0 radical (unpaired) electrons. The monoisotopic (exact) mass is 290 g/mol. The van der Waals surface area contributed by atoms with Gasteiger partial charge in [0.15, 0.2) is 0 Å². The van der Waals surface area contributed by atoms with Gasteiger partial charge in [0.1, 0.15) is 5.41 Å². The first-order valence-electron chi connectivity index (χ1n) is 6.04. The van der Waals surface area contributed by atoms with Gasteiger partial charge < -0.3 is 0 Å². The van der Waals surface area contributed by atoms with Crippen LogP contribution in [0.15, 0.2) is 0 Å². The third-order valence-electron chi connectivity index (χ3n) is 3.35. The highest BCUT2D eigenvalue weighted by molar-refractivity contribution is 8.01. The van der Waals surface area contributed by atoms with Crippen molar-refractivity contribution < 1.29 is 22.0 Å². The van der Waals surface area contributed by atoms with Crippen molar-refractivity contribution in [3.63, 3.8) is 0 Å². The molecule has 0 amide bonds. The highest BCUT2D eigenvalue weighted by atomic mass is 32.2. The first-order chi connectivity index (χ1) is 7.94. The van der Waals surface area contributed by atoms with Gasteiger partial charge in [-0.2, -0.15) is 13.2 Å². The van der Waals surface area contributed by atoms with E-state index in [9.17, 15) is 22.0 Å². The summed E-state index contributed by atoms with van der Waals surface area (Å²) in [6.07, 6.45) is -4.36. The van der Waals surface area contributed by atoms with E-state index in [1.54, 1.807) is 0 Å². The maximum absolute atomic E-state index is 13.4. The summed E-state index contributed by atoms with van der Waals surface area (Å²) in [5.74, 6) is -2.78. The number of hydrogen-bond donors (Lipinski definition) is 0. The Kier molecular flexibility index (Phi) is 4.31. The lowest BCUT2D eigenvalue weighted by molar-refractivity contribution is -0.292. The van der Waals surface area contributed by atoms with E-state index in [0.29, 0.717) is 6.92 Å². The second-order valence-corrected chi connectivity index (χ2v) is 7.16. The highest BCUT2D eigenvalue weighted by Gasteiger charge is 2.78. The zero-order valence-electron chi connectivity index (χ0n) is 10.9. The zero-order chi connectivity index (χ0) is 14.4. The number of thioether (sulfide) groups is 1. The molecule has 2 saturated heterocycles. The molecule has 0 aliphatic carbocycles. The van der Waals surface area contributed by atoms with Crippen molar-refractivity contribution in [1.82, 2.24) is 0 Å². The van der Waals surface area contributed by atoms with Crippen LogP contribution < -0.4 is 0 Å². The molecule has 2 heterocycles. The summed E-state index contributed by atoms with van der Waals surface area (Å²) in [6.45, 7) is 7.16. The fourth-order valence-electron chi connectivity index (χ4n) is 2.25. The molecule has 0 aromatic rings. The van der Waals surface area contributed by atoms with Crippen molar-refractivity contribution in [2.45, 2.75) is 63.1 Å². The highest BCUT2D eigenvalue weighted by Crippen LogP contribution is 2.69. The Labute approximate surface area is 109 Å². The number of rotatable bonds is 0. The molecule has 0 saturated carbocycles. The smallest absolute Gasteiger partial charge is 0.205 e. The quantitative estimate of drug-likeness (QED) is 0.557. The van der Waals surface area contributed by atoms with Gasteiger partial charge in [0.25, 0.3) is 5.92 Å². The zero-order valence-corrected chi connectivity index (χ0v) is 11.8. The molecule has 2 rings (SSSR count). The molecule has 2 aliphatic rings. The minimum atomic E-state index is -4.82. The summed E-state index contributed by atoms with van der Waals surface area (Å²) in [5.41, 5.74) is -2.83. The maximum Gasteiger partial charge on any atom is 0.401 e. The Morgan fingerprint density at radius 2 is 1.44 bits per heavy atom. The van der Waals surface area contributed by atoms with E-state index in [1.807, 2.05) is 0 Å². The predicted octanol–water partition coefficient (Wildman–Crippen LogP) is 5.13. The average molecular weight is 290 g/mol. The molecular weight excluding hydrogens is 271 g/mol. The van der Waals surface area contributed by atoms with Crippen LogP contribution in [0.4, 0.5) is 22.0 Å². The summed E-state index contributed by atoms with van der Waals surface area (Å²) in [5, 5.41) is -2.11. The molecule has 18 heavy (non-hydrogen) atoms. The van der Waals surface area contributed by atoms with Gasteiger partial charge in [-0.1, -0.05) is 20.8 Å². The molecule has 2 bridgehead atoms. The lowest BCUT2D eigenvalue weighted by Gasteiger charge is -2.40. The van der Waals surface area contributed by atoms with Crippen molar-refractivity contribution in [3.05, 3.63) is 0 Å². The fraction of sp³-hybridized carbons (Fsp3) is 1.00. The van der Waals surface area contributed by atoms with Crippen LogP contribution in [0.5, 0.6) is 0 Å². The predicted molar refractivity (Wildman–Crippen MR) is 64.0 cm³/mol. The second-order valence-electron chi connectivity index (χ2n) is 5.75. The van der Waals surface area contributed by atoms with Crippen LogP contribution in [-0.2, 0) is 0 Å². The Morgan fingerprint density at radius 3 is 1.67 bits per heavy atom. The lowest BCUT2D eigenvalue weighted by Crippen LogP contribution is -2.56. The molecule has 0 nitrogen and oxygen atoms in total. The largest absolute Gasteiger partial charge is 0.401 e. The average Bonchev–Trinajstić information content (AvgIpc) is 2.67. The molecule has 2 fully saturated rings. The Balaban J connectivity index is 0.000000357. The number of alkyl halides is 5. The van der Waals surface area contributed by atoms with E-state index in [-0.39, 0.29) is 12.8 Å². The van der Waals surface area contributed by atoms with Gasteiger partial charge in [-0.3, -0.25) is 0 Å². The van der Waals surface area contributed by atoms with E-state index in [4.69, 9.17) is 0 Å². The van der Waals surface area contributed by atoms with Crippen LogP contribution in [0, 0.1) is 11.3 Å². The third kappa shape index (κ3) is 2.37. The topological polar surface area (TPSA) is 0 Å². The molecule has 3 atom stereocenters. The standard InChI is InChI=1S/C8H9F5S.C4H10/c1-6(8(11,12)13)4-2-3-5(14-4)7(6,9)10;1-4(2)3/h4-5H,2-3H2,1H3;4H,1-3H3. The van der Waals surface area contributed by atoms with E-state index in [1.165, 1.54) is 0 Å². The lowest BCUT2D eigenvalue weighted by atomic mass is 9.72. The van der Waals surface area contributed by atoms with E-state index < -0.39 is 28.0 Å².